The molecular formula is C16H26N2S. The number of rotatable bonds is 5. The number of hydrogen-bond donors (Lipinski definition) is 1. The lowest BCUT2D eigenvalue weighted by atomic mass is 9.92. The van der Waals surface area contributed by atoms with Gasteiger partial charge in [0.1, 0.15) is 0 Å². The molecule has 0 amide bonds. The van der Waals surface area contributed by atoms with Crippen molar-refractivity contribution in [2.24, 2.45) is 0 Å². The molecule has 0 saturated carbocycles. The second kappa shape index (κ2) is 7.81. The number of nitrogens with one attached hydrogen (secondary N) is 1. The molecule has 1 heterocycles. The molecule has 2 rings (SSSR count). The van der Waals surface area contributed by atoms with Crippen LogP contribution >= 0.6 is 11.3 Å². The Morgan fingerprint density at radius 3 is 2.89 bits per heavy atom. The molecule has 1 aromatic rings. The first-order chi connectivity index (χ1) is 9.29. The lowest BCUT2D eigenvalue weighted by molar-refractivity contribution is 0.533. The van der Waals surface area contributed by atoms with Gasteiger partial charge in [0.2, 0.25) is 0 Å². The number of hydrogen-bond acceptors (Lipinski definition) is 3. The first-order valence-electron chi connectivity index (χ1n) is 7.63. The zero-order valence-corrected chi connectivity index (χ0v) is 13.1. The van der Waals surface area contributed by atoms with Crippen LogP contribution in [-0.4, -0.2) is 17.6 Å². The number of likely N-dealkylation sites (N-methyl/N-ethyl adjacent to an activating group) is 1. The molecule has 1 aromatic heterocycles. The summed E-state index contributed by atoms with van der Waals surface area (Å²) < 4.78 is 0. The molecule has 3 heteroatoms. The van der Waals surface area contributed by atoms with Gasteiger partial charge in [0.05, 0.1) is 10.7 Å². The van der Waals surface area contributed by atoms with E-state index in [4.69, 9.17) is 0 Å². The summed E-state index contributed by atoms with van der Waals surface area (Å²) in [7, 11) is 0. The van der Waals surface area contributed by atoms with Crippen molar-refractivity contribution in [2.75, 3.05) is 6.54 Å². The summed E-state index contributed by atoms with van der Waals surface area (Å²) in [6.07, 6.45) is 11.6. The Kier molecular flexibility index (Phi) is 6.05. The Hall–Kier alpha value is -0.670. The van der Waals surface area contributed by atoms with Crippen LogP contribution in [0.1, 0.15) is 56.2 Å². The fourth-order valence-electron chi connectivity index (χ4n) is 2.82. The van der Waals surface area contributed by atoms with Gasteiger partial charge in [-0.1, -0.05) is 31.4 Å². The topological polar surface area (TPSA) is 24.9 Å². The van der Waals surface area contributed by atoms with Crippen LogP contribution in [0.15, 0.2) is 17.0 Å². The molecule has 0 spiro atoms. The van der Waals surface area contributed by atoms with Gasteiger partial charge < -0.3 is 5.32 Å². The van der Waals surface area contributed by atoms with Crippen LogP contribution in [0.3, 0.4) is 0 Å². The standard InChI is InChI=1S/C16H26N2S/c1-3-17-16(11-15-12-19-13(2)18-15)14-9-7-5-4-6-8-10-14/h9,12,16-17H,3-8,10-11H2,1-2H3. The van der Waals surface area contributed by atoms with Crippen molar-refractivity contribution >= 4 is 11.3 Å². The van der Waals surface area contributed by atoms with Crippen LogP contribution in [-0.2, 0) is 6.42 Å². The maximum Gasteiger partial charge on any atom is 0.0897 e. The summed E-state index contributed by atoms with van der Waals surface area (Å²) in [4.78, 5) is 4.62. The summed E-state index contributed by atoms with van der Waals surface area (Å²) in [6, 6.07) is 0.490. The van der Waals surface area contributed by atoms with Gasteiger partial charge in [0.25, 0.3) is 0 Å². The Balaban J connectivity index is 2.04. The van der Waals surface area contributed by atoms with Crippen molar-refractivity contribution in [2.45, 2.75) is 64.8 Å². The van der Waals surface area contributed by atoms with Crippen LogP contribution < -0.4 is 5.32 Å². The average molecular weight is 278 g/mol. The first kappa shape index (κ1) is 14.7. The van der Waals surface area contributed by atoms with Crippen LogP contribution in [0, 0.1) is 6.92 Å². The highest BCUT2D eigenvalue weighted by Crippen LogP contribution is 2.22. The van der Waals surface area contributed by atoms with Gasteiger partial charge in [0, 0.05) is 17.8 Å². The van der Waals surface area contributed by atoms with Crippen molar-refractivity contribution in [1.82, 2.24) is 10.3 Å². The van der Waals surface area contributed by atoms with Gasteiger partial charge >= 0.3 is 0 Å². The molecule has 0 radical (unpaired) electrons. The Morgan fingerprint density at radius 1 is 1.32 bits per heavy atom. The van der Waals surface area contributed by atoms with E-state index in [0.717, 1.165) is 13.0 Å². The minimum absolute atomic E-state index is 0.490. The van der Waals surface area contributed by atoms with E-state index in [1.807, 2.05) is 0 Å². The number of allylic oxidation sites excluding steroid dienone is 1. The number of thiazole rings is 1. The molecule has 0 aliphatic heterocycles. The highest BCUT2D eigenvalue weighted by atomic mass is 32.1. The smallest absolute Gasteiger partial charge is 0.0897 e. The molecule has 0 saturated heterocycles. The second-order valence-corrected chi connectivity index (χ2v) is 6.47. The number of aromatic nitrogens is 1. The van der Waals surface area contributed by atoms with Crippen LogP contribution in [0.2, 0.25) is 0 Å². The Morgan fingerprint density at radius 2 is 2.16 bits per heavy atom. The van der Waals surface area contributed by atoms with Crippen molar-refractivity contribution in [3.05, 3.63) is 27.7 Å². The third-order valence-corrected chi connectivity index (χ3v) is 4.63. The molecule has 19 heavy (non-hydrogen) atoms. The van der Waals surface area contributed by atoms with Crippen LogP contribution in [0.4, 0.5) is 0 Å². The van der Waals surface area contributed by atoms with Gasteiger partial charge in [-0.2, -0.15) is 0 Å². The fourth-order valence-corrected chi connectivity index (χ4v) is 3.45. The molecule has 0 aromatic carbocycles. The molecule has 1 unspecified atom stereocenters. The van der Waals surface area contributed by atoms with E-state index < -0.39 is 0 Å². The third-order valence-electron chi connectivity index (χ3n) is 3.80. The molecule has 1 atom stereocenters. The molecule has 106 valence electrons. The van der Waals surface area contributed by atoms with E-state index in [2.05, 4.69) is 35.6 Å². The van der Waals surface area contributed by atoms with Crippen molar-refractivity contribution in [3.8, 4) is 0 Å². The number of aryl methyl sites for hydroxylation is 1. The lowest BCUT2D eigenvalue weighted by Gasteiger charge is -2.22. The van der Waals surface area contributed by atoms with E-state index in [9.17, 15) is 0 Å². The highest BCUT2D eigenvalue weighted by molar-refractivity contribution is 7.09. The van der Waals surface area contributed by atoms with Gasteiger partial charge in [0.15, 0.2) is 0 Å². The zero-order chi connectivity index (χ0) is 13.5. The maximum absolute atomic E-state index is 4.62. The van der Waals surface area contributed by atoms with E-state index in [0.29, 0.717) is 6.04 Å². The van der Waals surface area contributed by atoms with E-state index >= 15 is 0 Å². The predicted molar refractivity (Wildman–Crippen MR) is 83.8 cm³/mol. The number of nitrogens with zero attached hydrogens (tertiary/aromatic N) is 1. The van der Waals surface area contributed by atoms with Gasteiger partial charge in [-0.05, 0) is 39.2 Å². The average Bonchev–Trinajstić information content (AvgIpc) is 2.74. The summed E-state index contributed by atoms with van der Waals surface area (Å²) in [6.45, 7) is 5.32. The van der Waals surface area contributed by atoms with Gasteiger partial charge in [-0.15, -0.1) is 11.3 Å². The lowest BCUT2D eigenvalue weighted by Crippen LogP contribution is -2.33. The van der Waals surface area contributed by atoms with Gasteiger partial charge in [-0.25, -0.2) is 4.98 Å². The SMILES string of the molecule is CCNC(Cc1csc(C)n1)C1=CCCCCCC1. The monoisotopic (exact) mass is 278 g/mol. The van der Waals surface area contributed by atoms with Crippen LogP contribution in [0.5, 0.6) is 0 Å². The van der Waals surface area contributed by atoms with Gasteiger partial charge in [-0.3, -0.25) is 0 Å². The molecule has 0 bridgehead atoms. The minimum Gasteiger partial charge on any atom is -0.310 e. The highest BCUT2D eigenvalue weighted by Gasteiger charge is 2.16. The Labute approximate surface area is 121 Å². The molecule has 1 aliphatic carbocycles. The van der Waals surface area contributed by atoms with Crippen molar-refractivity contribution in [1.29, 1.82) is 0 Å². The summed E-state index contributed by atoms with van der Waals surface area (Å²) in [5.74, 6) is 0. The maximum atomic E-state index is 4.62. The largest absolute Gasteiger partial charge is 0.310 e. The summed E-state index contributed by atoms with van der Waals surface area (Å²) in [5, 5.41) is 7.04. The molecule has 0 fully saturated rings. The second-order valence-electron chi connectivity index (χ2n) is 5.40. The van der Waals surface area contributed by atoms with E-state index in [-0.39, 0.29) is 0 Å². The Bertz CT molecular complexity index is 409. The third kappa shape index (κ3) is 4.73. The first-order valence-corrected chi connectivity index (χ1v) is 8.51. The molecule has 1 aliphatic rings. The molecular weight excluding hydrogens is 252 g/mol. The zero-order valence-electron chi connectivity index (χ0n) is 12.2. The van der Waals surface area contributed by atoms with Crippen molar-refractivity contribution in [3.63, 3.8) is 0 Å². The van der Waals surface area contributed by atoms with Crippen LogP contribution in [0.25, 0.3) is 0 Å². The summed E-state index contributed by atoms with van der Waals surface area (Å²) >= 11 is 1.76. The fraction of sp³-hybridized carbons (Fsp3) is 0.688. The molecule has 1 N–H and O–H groups in total. The van der Waals surface area contributed by atoms with E-state index in [1.54, 1.807) is 16.9 Å². The predicted octanol–water partition coefficient (Wildman–Crippen LogP) is 4.25. The van der Waals surface area contributed by atoms with Crippen molar-refractivity contribution < 1.29 is 0 Å². The normalized spacial score (nSPS) is 18.5. The summed E-state index contributed by atoms with van der Waals surface area (Å²) in [5.41, 5.74) is 2.86. The van der Waals surface area contributed by atoms with E-state index in [1.165, 1.54) is 49.2 Å². The minimum atomic E-state index is 0.490. The quantitative estimate of drug-likeness (QED) is 0.814. The molecule has 2 nitrogen and oxygen atoms in total.